The monoisotopic (exact) mass is 222 g/mol. The Morgan fingerprint density at radius 1 is 1.33 bits per heavy atom. The predicted octanol–water partition coefficient (Wildman–Crippen LogP) is 3.49. The molecule has 1 aromatic heterocycles. The van der Waals surface area contributed by atoms with Gasteiger partial charge in [-0.3, -0.25) is 4.79 Å². The smallest absolute Gasteiger partial charge is 0.165 e. The number of thiophene rings is 1. The van der Waals surface area contributed by atoms with E-state index < -0.39 is 5.82 Å². The molecule has 1 aromatic carbocycles. The average molecular weight is 222 g/mol. The van der Waals surface area contributed by atoms with Gasteiger partial charge in [0, 0.05) is 11.4 Å². The van der Waals surface area contributed by atoms with Gasteiger partial charge >= 0.3 is 0 Å². The highest BCUT2D eigenvalue weighted by molar-refractivity contribution is 7.11. The molecule has 76 valence electrons. The highest BCUT2D eigenvalue weighted by atomic mass is 32.1. The molecule has 0 aliphatic heterocycles. The fourth-order valence-electron chi connectivity index (χ4n) is 1.10. The number of aldehydes is 1. The second-order valence-electron chi connectivity index (χ2n) is 2.84. The normalized spacial score (nSPS) is 9.93. The average Bonchev–Trinajstić information content (AvgIpc) is 2.69. The molecule has 0 spiro atoms. The molecule has 0 saturated heterocycles. The largest absolute Gasteiger partial charge is 0.453 e. The van der Waals surface area contributed by atoms with E-state index in [0.717, 1.165) is 6.29 Å². The van der Waals surface area contributed by atoms with E-state index in [-0.39, 0.29) is 5.75 Å². The maximum atomic E-state index is 13.2. The van der Waals surface area contributed by atoms with E-state index in [2.05, 4.69) is 0 Å². The zero-order chi connectivity index (χ0) is 10.7. The van der Waals surface area contributed by atoms with Crippen molar-refractivity contribution < 1.29 is 13.9 Å². The molecule has 0 saturated carbocycles. The van der Waals surface area contributed by atoms with Crippen molar-refractivity contribution in [1.29, 1.82) is 0 Å². The van der Waals surface area contributed by atoms with Gasteiger partial charge in [0.2, 0.25) is 0 Å². The summed E-state index contributed by atoms with van der Waals surface area (Å²) in [6.45, 7) is 0. The molecule has 1 heterocycles. The topological polar surface area (TPSA) is 26.3 Å². The third kappa shape index (κ3) is 2.22. The standard InChI is InChI=1S/C11H7FO2S/c12-10-3-1-2-4-11(10)14-8-5-9(6-13)15-7-8/h1-7H. The van der Waals surface area contributed by atoms with Crippen molar-refractivity contribution in [2.75, 3.05) is 0 Å². The molecule has 0 atom stereocenters. The molecule has 2 aromatic rings. The fourth-order valence-corrected chi connectivity index (χ4v) is 1.71. The first-order valence-corrected chi connectivity index (χ1v) is 5.13. The third-order valence-electron chi connectivity index (χ3n) is 1.78. The molecule has 0 unspecified atom stereocenters. The summed E-state index contributed by atoms with van der Waals surface area (Å²) < 4.78 is 18.4. The molecule has 0 radical (unpaired) electrons. The zero-order valence-electron chi connectivity index (χ0n) is 7.64. The van der Waals surface area contributed by atoms with Crippen molar-refractivity contribution in [1.82, 2.24) is 0 Å². The molecule has 2 nitrogen and oxygen atoms in total. The minimum atomic E-state index is -0.420. The summed E-state index contributed by atoms with van der Waals surface area (Å²) in [5.41, 5.74) is 0. The Morgan fingerprint density at radius 3 is 2.80 bits per heavy atom. The maximum Gasteiger partial charge on any atom is 0.165 e. The first-order valence-electron chi connectivity index (χ1n) is 4.25. The van der Waals surface area contributed by atoms with Crippen LogP contribution in [0, 0.1) is 5.82 Å². The Hall–Kier alpha value is -1.68. The van der Waals surface area contributed by atoms with Gasteiger partial charge in [0.15, 0.2) is 17.9 Å². The Bertz CT molecular complexity index is 479. The lowest BCUT2D eigenvalue weighted by atomic mass is 10.3. The number of halogens is 1. The lowest BCUT2D eigenvalue weighted by molar-refractivity contribution is 0.112. The van der Waals surface area contributed by atoms with Crippen LogP contribution in [-0.4, -0.2) is 6.29 Å². The lowest BCUT2D eigenvalue weighted by Gasteiger charge is -2.02. The molecule has 4 heteroatoms. The quantitative estimate of drug-likeness (QED) is 0.743. The Kier molecular flexibility index (Phi) is 2.78. The van der Waals surface area contributed by atoms with E-state index in [1.807, 2.05) is 0 Å². The minimum absolute atomic E-state index is 0.160. The number of hydrogen-bond donors (Lipinski definition) is 0. The van der Waals surface area contributed by atoms with Gasteiger partial charge in [0.1, 0.15) is 5.75 Å². The highest BCUT2D eigenvalue weighted by Gasteiger charge is 2.05. The van der Waals surface area contributed by atoms with E-state index in [4.69, 9.17) is 4.74 Å². The number of para-hydroxylation sites is 1. The number of benzene rings is 1. The van der Waals surface area contributed by atoms with Gasteiger partial charge in [-0.1, -0.05) is 12.1 Å². The summed E-state index contributed by atoms with van der Waals surface area (Å²) in [7, 11) is 0. The molecule has 0 aliphatic carbocycles. The Morgan fingerprint density at radius 2 is 2.13 bits per heavy atom. The van der Waals surface area contributed by atoms with E-state index in [1.54, 1.807) is 23.6 Å². The Balaban J connectivity index is 2.22. The summed E-state index contributed by atoms with van der Waals surface area (Å²) in [5, 5.41) is 1.66. The van der Waals surface area contributed by atoms with Crippen molar-refractivity contribution in [2.45, 2.75) is 0 Å². The van der Waals surface area contributed by atoms with Crippen LogP contribution < -0.4 is 4.74 Å². The van der Waals surface area contributed by atoms with Crippen molar-refractivity contribution >= 4 is 17.6 Å². The van der Waals surface area contributed by atoms with Gasteiger partial charge in [0.25, 0.3) is 0 Å². The van der Waals surface area contributed by atoms with Gasteiger partial charge < -0.3 is 4.74 Å². The number of carbonyl (C=O) groups excluding carboxylic acids is 1. The van der Waals surface area contributed by atoms with Crippen molar-refractivity contribution in [3.63, 3.8) is 0 Å². The van der Waals surface area contributed by atoms with Gasteiger partial charge in [-0.05, 0) is 12.1 Å². The molecule has 0 fully saturated rings. The maximum absolute atomic E-state index is 13.2. The summed E-state index contributed by atoms with van der Waals surface area (Å²) in [6, 6.07) is 7.71. The van der Waals surface area contributed by atoms with Crippen LogP contribution in [0.5, 0.6) is 11.5 Å². The van der Waals surface area contributed by atoms with Gasteiger partial charge in [0.05, 0.1) is 4.88 Å². The predicted molar refractivity (Wildman–Crippen MR) is 56.2 cm³/mol. The van der Waals surface area contributed by atoms with Crippen molar-refractivity contribution in [3.8, 4) is 11.5 Å². The SMILES string of the molecule is O=Cc1cc(Oc2ccccc2F)cs1. The second-order valence-corrected chi connectivity index (χ2v) is 3.78. The summed E-state index contributed by atoms with van der Waals surface area (Å²) in [4.78, 5) is 11.0. The number of carbonyl (C=O) groups is 1. The molecular formula is C11H7FO2S. The third-order valence-corrected chi connectivity index (χ3v) is 2.61. The van der Waals surface area contributed by atoms with E-state index >= 15 is 0 Å². The van der Waals surface area contributed by atoms with E-state index in [9.17, 15) is 9.18 Å². The summed E-state index contributed by atoms with van der Waals surface area (Å²) in [6.07, 6.45) is 0.735. The molecule has 2 rings (SSSR count). The van der Waals surface area contributed by atoms with Crippen LogP contribution in [0.25, 0.3) is 0 Å². The van der Waals surface area contributed by atoms with E-state index in [0.29, 0.717) is 10.6 Å². The number of rotatable bonds is 3. The first-order chi connectivity index (χ1) is 7.29. The fraction of sp³-hybridized carbons (Fsp3) is 0. The van der Waals surface area contributed by atoms with Crippen LogP contribution >= 0.6 is 11.3 Å². The van der Waals surface area contributed by atoms with Crippen molar-refractivity contribution in [2.24, 2.45) is 0 Å². The minimum Gasteiger partial charge on any atom is -0.453 e. The van der Waals surface area contributed by atoms with Crippen LogP contribution in [-0.2, 0) is 0 Å². The highest BCUT2D eigenvalue weighted by Crippen LogP contribution is 2.27. The van der Waals surface area contributed by atoms with Crippen LogP contribution in [0.2, 0.25) is 0 Å². The molecule has 0 bridgehead atoms. The van der Waals surface area contributed by atoms with Crippen LogP contribution in [0.3, 0.4) is 0 Å². The summed E-state index contributed by atoms with van der Waals surface area (Å²) >= 11 is 1.26. The molecular weight excluding hydrogens is 215 g/mol. The first kappa shape index (κ1) is 9.86. The number of hydrogen-bond acceptors (Lipinski definition) is 3. The molecule has 0 N–H and O–H groups in total. The van der Waals surface area contributed by atoms with Gasteiger partial charge in [-0.2, -0.15) is 0 Å². The molecule has 15 heavy (non-hydrogen) atoms. The summed E-state index contributed by atoms with van der Waals surface area (Å²) in [5.74, 6) is 0.219. The van der Waals surface area contributed by atoms with E-state index in [1.165, 1.54) is 23.5 Å². The molecule has 0 amide bonds. The van der Waals surface area contributed by atoms with Gasteiger partial charge in [-0.25, -0.2) is 4.39 Å². The number of ether oxygens (including phenoxy) is 1. The lowest BCUT2D eigenvalue weighted by Crippen LogP contribution is -1.85. The van der Waals surface area contributed by atoms with Crippen LogP contribution in [0.15, 0.2) is 35.7 Å². The Labute approximate surface area is 89.9 Å². The van der Waals surface area contributed by atoms with Crippen LogP contribution in [0.4, 0.5) is 4.39 Å². The molecule has 0 aliphatic rings. The van der Waals surface area contributed by atoms with Crippen molar-refractivity contribution in [3.05, 3.63) is 46.4 Å². The van der Waals surface area contributed by atoms with Crippen LogP contribution in [0.1, 0.15) is 9.67 Å². The second kappa shape index (κ2) is 4.23. The van der Waals surface area contributed by atoms with Gasteiger partial charge in [-0.15, -0.1) is 11.3 Å². The zero-order valence-corrected chi connectivity index (χ0v) is 8.46.